The Bertz CT molecular complexity index is 1180. The molecule has 0 aliphatic carbocycles. The molecule has 0 aliphatic heterocycles. The highest BCUT2D eigenvalue weighted by molar-refractivity contribution is 7.99. The number of benzene rings is 3. The van der Waals surface area contributed by atoms with Gasteiger partial charge in [0.2, 0.25) is 5.91 Å². The standard InChI is InChI=1S/C26H25NO6S/c1-17-6-4-5-7-18(17)15-34-16-24(28)27-19-8-10-20(11-9-19)33-21-12-13-22(25(29)31-2)23(14-21)26(30)32-3/h4-14H,15-16H2,1-3H3,(H,27,28). The van der Waals surface area contributed by atoms with Crippen molar-refractivity contribution in [3.8, 4) is 11.5 Å². The Balaban J connectivity index is 1.58. The molecule has 0 saturated heterocycles. The van der Waals surface area contributed by atoms with E-state index in [0.717, 1.165) is 5.75 Å². The summed E-state index contributed by atoms with van der Waals surface area (Å²) in [7, 11) is 2.46. The molecule has 0 heterocycles. The van der Waals surface area contributed by atoms with Gasteiger partial charge in [0.15, 0.2) is 0 Å². The lowest BCUT2D eigenvalue weighted by Crippen LogP contribution is -2.14. The van der Waals surface area contributed by atoms with E-state index in [-0.39, 0.29) is 17.0 Å². The number of aryl methyl sites for hydroxylation is 1. The maximum Gasteiger partial charge on any atom is 0.338 e. The van der Waals surface area contributed by atoms with Gasteiger partial charge in [-0.25, -0.2) is 9.59 Å². The first-order valence-corrected chi connectivity index (χ1v) is 11.6. The molecule has 0 unspecified atom stereocenters. The molecule has 3 aromatic rings. The highest BCUT2D eigenvalue weighted by Gasteiger charge is 2.19. The molecule has 3 aromatic carbocycles. The third-order valence-electron chi connectivity index (χ3n) is 4.93. The molecule has 0 aromatic heterocycles. The number of rotatable bonds is 9. The average Bonchev–Trinajstić information content (AvgIpc) is 2.85. The molecular formula is C26H25NO6S. The third-order valence-corrected chi connectivity index (χ3v) is 5.91. The summed E-state index contributed by atoms with van der Waals surface area (Å²) < 4.78 is 15.2. The minimum atomic E-state index is -0.677. The first-order chi connectivity index (χ1) is 16.4. The second kappa shape index (κ2) is 11.9. The van der Waals surface area contributed by atoms with Crippen LogP contribution in [0, 0.1) is 6.92 Å². The Labute approximate surface area is 202 Å². The summed E-state index contributed by atoms with van der Waals surface area (Å²) in [4.78, 5) is 36.2. The van der Waals surface area contributed by atoms with E-state index in [1.165, 1.54) is 37.5 Å². The van der Waals surface area contributed by atoms with Gasteiger partial charge < -0.3 is 19.5 Å². The van der Waals surface area contributed by atoms with Crippen LogP contribution in [-0.4, -0.2) is 37.8 Å². The van der Waals surface area contributed by atoms with E-state index in [2.05, 4.69) is 24.4 Å². The number of hydrogen-bond donors (Lipinski definition) is 1. The number of anilines is 1. The normalized spacial score (nSPS) is 10.3. The predicted molar refractivity (Wildman–Crippen MR) is 132 cm³/mol. The second-order valence-corrected chi connectivity index (χ2v) is 8.27. The third kappa shape index (κ3) is 6.62. The Hall–Kier alpha value is -3.78. The average molecular weight is 480 g/mol. The van der Waals surface area contributed by atoms with Crippen molar-refractivity contribution in [2.75, 3.05) is 25.3 Å². The summed E-state index contributed by atoms with van der Waals surface area (Å²) in [6.07, 6.45) is 0. The summed E-state index contributed by atoms with van der Waals surface area (Å²) in [6, 6.07) is 19.4. The van der Waals surface area contributed by atoms with Gasteiger partial charge in [0.05, 0.1) is 31.1 Å². The highest BCUT2D eigenvalue weighted by Crippen LogP contribution is 2.26. The van der Waals surface area contributed by atoms with Crippen LogP contribution in [0.1, 0.15) is 31.8 Å². The summed E-state index contributed by atoms with van der Waals surface area (Å²) >= 11 is 1.56. The number of carbonyl (C=O) groups is 3. The largest absolute Gasteiger partial charge is 0.465 e. The van der Waals surface area contributed by atoms with Gasteiger partial charge in [-0.15, -0.1) is 11.8 Å². The monoisotopic (exact) mass is 479 g/mol. The van der Waals surface area contributed by atoms with Crippen LogP contribution in [0.15, 0.2) is 66.7 Å². The Morgan fingerprint density at radius 1 is 0.824 bits per heavy atom. The van der Waals surface area contributed by atoms with Crippen molar-refractivity contribution >= 4 is 35.3 Å². The quantitative estimate of drug-likeness (QED) is 0.420. The van der Waals surface area contributed by atoms with Crippen molar-refractivity contribution in [1.29, 1.82) is 0 Å². The summed E-state index contributed by atoms with van der Waals surface area (Å²) in [5.41, 5.74) is 3.20. The Morgan fingerprint density at radius 3 is 2.15 bits per heavy atom. The van der Waals surface area contributed by atoms with Gasteiger partial charge in [0.1, 0.15) is 11.5 Å². The van der Waals surface area contributed by atoms with Crippen LogP contribution in [0.5, 0.6) is 11.5 Å². The number of nitrogens with one attached hydrogen (secondary N) is 1. The fraction of sp³-hybridized carbons (Fsp3) is 0.192. The SMILES string of the molecule is COC(=O)c1ccc(Oc2ccc(NC(=O)CSCc3ccccc3C)cc2)cc1C(=O)OC. The maximum atomic E-state index is 12.3. The van der Waals surface area contributed by atoms with Crippen molar-refractivity contribution < 1.29 is 28.6 Å². The fourth-order valence-electron chi connectivity index (χ4n) is 3.12. The van der Waals surface area contributed by atoms with Gasteiger partial charge >= 0.3 is 11.9 Å². The second-order valence-electron chi connectivity index (χ2n) is 7.28. The molecule has 1 amide bonds. The van der Waals surface area contributed by atoms with E-state index < -0.39 is 11.9 Å². The summed E-state index contributed by atoms with van der Waals surface area (Å²) in [6.45, 7) is 2.06. The smallest absolute Gasteiger partial charge is 0.338 e. The molecule has 0 saturated carbocycles. The molecular weight excluding hydrogens is 454 g/mol. The zero-order chi connectivity index (χ0) is 24.5. The molecule has 3 rings (SSSR count). The zero-order valence-electron chi connectivity index (χ0n) is 19.1. The first-order valence-electron chi connectivity index (χ1n) is 10.4. The molecule has 7 nitrogen and oxygen atoms in total. The maximum absolute atomic E-state index is 12.3. The van der Waals surface area contributed by atoms with Crippen LogP contribution in [0.25, 0.3) is 0 Å². The Kier molecular flexibility index (Phi) is 8.70. The van der Waals surface area contributed by atoms with Crippen LogP contribution in [-0.2, 0) is 20.0 Å². The van der Waals surface area contributed by atoms with Crippen LogP contribution in [0.2, 0.25) is 0 Å². The number of hydrogen-bond acceptors (Lipinski definition) is 7. The minimum Gasteiger partial charge on any atom is -0.465 e. The van der Waals surface area contributed by atoms with E-state index in [0.29, 0.717) is 22.9 Å². The van der Waals surface area contributed by atoms with Crippen LogP contribution in [0.4, 0.5) is 5.69 Å². The van der Waals surface area contributed by atoms with E-state index in [4.69, 9.17) is 14.2 Å². The topological polar surface area (TPSA) is 90.9 Å². The van der Waals surface area contributed by atoms with Crippen LogP contribution >= 0.6 is 11.8 Å². The van der Waals surface area contributed by atoms with E-state index in [9.17, 15) is 14.4 Å². The molecule has 0 bridgehead atoms. The van der Waals surface area contributed by atoms with Crippen LogP contribution in [0.3, 0.4) is 0 Å². The molecule has 34 heavy (non-hydrogen) atoms. The van der Waals surface area contributed by atoms with E-state index >= 15 is 0 Å². The van der Waals surface area contributed by atoms with E-state index in [1.54, 1.807) is 42.1 Å². The van der Waals surface area contributed by atoms with Crippen molar-refractivity contribution in [1.82, 2.24) is 0 Å². The minimum absolute atomic E-state index is 0.0407. The van der Waals surface area contributed by atoms with Gasteiger partial charge in [-0.2, -0.15) is 0 Å². The highest BCUT2D eigenvalue weighted by atomic mass is 32.2. The van der Waals surface area contributed by atoms with Gasteiger partial charge in [0, 0.05) is 11.4 Å². The number of carbonyl (C=O) groups excluding carboxylic acids is 3. The molecule has 0 aliphatic rings. The number of methoxy groups -OCH3 is 2. The van der Waals surface area contributed by atoms with Gasteiger partial charge in [-0.05, 0) is 60.5 Å². The first kappa shape index (κ1) is 24.9. The number of ether oxygens (including phenoxy) is 3. The fourth-order valence-corrected chi connectivity index (χ4v) is 4.02. The van der Waals surface area contributed by atoms with Crippen molar-refractivity contribution in [3.63, 3.8) is 0 Å². The molecule has 1 N–H and O–H groups in total. The van der Waals surface area contributed by atoms with Crippen LogP contribution < -0.4 is 10.1 Å². The lowest BCUT2D eigenvalue weighted by molar-refractivity contribution is -0.113. The number of thioether (sulfide) groups is 1. The summed E-state index contributed by atoms with van der Waals surface area (Å²) in [5, 5.41) is 2.86. The van der Waals surface area contributed by atoms with Gasteiger partial charge in [0.25, 0.3) is 0 Å². The van der Waals surface area contributed by atoms with Crippen molar-refractivity contribution in [2.45, 2.75) is 12.7 Å². The molecule has 0 atom stereocenters. The Morgan fingerprint density at radius 2 is 1.47 bits per heavy atom. The van der Waals surface area contributed by atoms with Gasteiger partial charge in [-0.3, -0.25) is 4.79 Å². The van der Waals surface area contributed by atoms with Gasteiger partial charge in [-0.1, -0.05) is 24.3 Å². The molecule has 0 radical (unpaired) electrons. The lowest BCUT2D eigenvalue weighted by atomic mass is 10.1. The number of amides is 1. The van der Waals surface area contributed by atoms with Crippen molar-refractivity contribution in [2.24, 2.45) is 0 Å². The lowest BCUT2D eigenvalue weighted by Gasteiger charge is -2.11. The molecule has 0 spiro atoms. The predicted octanol–water partition coefficient (Wildman–Crippen LogP) is 5.23. The molecule has 8 heteroatoms. The number of esters is 2. The zero-order valence-corrected chi connectivity index (χ0v) is 19.9. The van der Waals surface area contributed by atoms with Crippen molar-refractivity contribution in [3.05, 3.63) is 89.0 Å². The molecule has 176 valence electrons. The molecule has 0 fully saturated rings. The van der Waals surface area contributed by atoms with E-state index in [1.807, 2.05) is 12.1 Å². The summed E-state index contributed by atoms with van der Waals surface area (Å²) in [5.74, 6) is 0.539.